The fourth-order valence-electron chi connectivity index (χ4n) is 3.13. The number of carboxylic acids is 1. The summed E-state index contributed by atoms with van der Waals surface area (Å²) >= 11 is 0. The molecule has 0 spiro atoms. The van der Waals surface area contributed by atoms with Crippen LogP contribution in [0.4, 0.5) is 17.6 Å². The van der Waals surface area contributed by atoms with Gasteiger partial charge >= 0.3 is 12.1 Å². The lowest BCUT2D eigenvalue weighted by atomic mass is 9.96. The van der Waals surface area contributed by atoms with Crippen molar-refractivity contribution in [1.82, 2.24) is 9.88 Å². The minimum Gasteiger partial charge on any atom is -0.481 e. The van der Waals surface area contributed by atoms with Crippen molar-refractivity contribution in [2.75, 3.05) is 13.1 Å². The van der Waals surface area contributed by atoms with E-state index in [4.69, 9.17) is 5.11 Å². The topological polar surface area (TPSA) is 73.4 Å². The summed E-state index contributed by atoms with van der Waals surface area (Å²) in [6.07, 6.45) is -1.90. The molecule has 2 N–H and O–H groups in total. The van der Waals surface area contributed by atoms with E-state index in [9.17, 15) is 27.2 Å². The zero-order valence-corrected chi connectivity index (χ0v) is 13.3. The minimum atomic E-state index is -4.71. The number of carbonyl (C=O) groups excluding carboxylic acids is 1. The van der Waals surface area contributed by atoms with Gasteiger partial charge in [-0.1, -0.05) is 12.1 Å². The molecule has 1 aliphatic rings. The predicted molar refractivity (Wildman–Crippen MR) is 82.8 cm³/mol. The molecule has 0 aliphatic carbocycles. The number of rotatable bonds is 3. The Balaban J connectivity index is 1.88. The number of alkyl halides is 3. The third-order valence-corrected chi connectivity index (χ3v) is 4.48. The Morgan fingerprint density at radius 3 is 2.31 bits per heavy atom. The van der Waals surface area contributed by atoms with Gasteiger partial charge in [0.05, 0.1) is 17.4 Å². The number of benzene rings is 1. The van der Waals surface area contributed by atoms with Gasteiger partial charge in [0.2, 0.25) is 0 Å². The van der Waals surface area contributed by atoms with E-state index in [1.165, 1.54) is 36.7 Å². The van der Waals surface area contributed by atoms with Gasteiger partial charge in [-0.15, -0.1) is 0 Å². The Morgan fingerprint density at radius 1 is 1.12 bits per heavy atom. The average molecular weight is 370 g/mol. The lowest BCUT2D eigenvalue weighted by molar-refractivity contribution is -0.187. The molecule has 1 aromatic heterocycles. The van der Waals surface area contributed by atoms with Gasteiger partial charge in [0.25, 0.3) is 5.91 Å². The molecule has 0 radical (unpaired) electrons. The van der Waals surface area contributed by atoms with Gasteiger partial charge < -0.3 is 15.0 Å². The van der Waals surface area contributed by atoms with E-state index < -0.39 is 48.8 Å². The van der Waals surface area contributed by atoms with Crippen LogP contribution in [0.3, 0.4) is 0 Å². The van der Waals surface area contributed by atoms with Crippen LogP contribution < -0.4 is 0 Å². The number of nitrogens with one attached hydrogen (secondary N) is 1. The van der Waals surface area contributed by atoms with Crippen molar-refractivity contribution >= 4 is 11.9 Å². The number of halogens is 4. The number of aromatic amines is 1. The zero-order valence-electron chi connectivity index (χ0n) is 13.3. The summed E-state index contributed by atoms with van der Waals surface area (Å²) in [5.41, 5.74) is 1.01. The summed E-state index contributed by atoms with van der Waals surface area (Å²) in [5.74, 6) is -6.57. The Hall–Kier alpha value is -2.84. The number of aromatic nitrogens is 1. The Kier molecular flexibility index (Phi) is 4.47. The number of carboxylic acid groups (broad SMARTS) is 1. The number of hydrogen-bond donors (Lipinski definition) is 2. The fourth-order valence-corrected chi connectivity index (χ4v) is 3.13. The van der Waals surface area contributed by atoms with Crippen LogP contribution in [0.15, 0.2) is 36.7 Å². The van der Waals surface area contributed by atoms with E-state index in [2.05, 4.69) is 4.98 Å². The number of carbonyl (C=O) groups is 2. The summed E-state index contributed by atoms with van der Waals surface area (Å²) < 4.78 is 52.3. The molecule has 0 unspecified atom stereocenters. The molecule has 2 aromatic rings. The SMILES string of the molecule is O=C(O)[C@@H]1CN(C(=O)c2c[nH]cc2-c2ccc(F)cc2)C[C@H]1C(F)(F)F. The van der Waals surface area contributed by atoms with Crippen LogP contribution in [0.1, 0.15) is 10.4 Å². The normalized spacial score (nSPS) is 20.4. The van der Waals surface area contributed by atoms with Crippen LogP contribution in [0, 0.1) is 17.7 Å². The molecule has 1 aliphatic heterocycles. The maximum absolute atomic E-state index is 13.1. The van der Waals surface area contributed by atoms with E-state index in [0.29, 0.717) is 11.1 Å². The largest absolute Gasteiger partial charge is 0.481 e. The first kappa shape index (κ1) is 18.0. The highest BCUT2D eigenvalue weighted by Gasteiger charge is 2.53. The molecule has 26 heavy (non-hydrogen) atoms. The average Bonchev–Trinajstić information content (AvgIpc) is 3.22. The van der Waals surface area contributed by atoms with Crippen molar-refractivity contribution in [2.45, 2.75) is 6.18 Å². The van der Waals surface area contributed by atoms with Gasteiger partial charge in [-0.2, -0.15) is 13.2 Å². The van der Waals surface area contributed by atoms with Crippen molar-refractivity contribution < 1.29 is 32.3 Å². The molecule has 9 heteroatoms. The highest BCUT2D eigenvalue weighted by Crippen LogP contribution is 2.38. The van der Waals surface area contributed by atoms with Crippen molar-refractivity contribution in [3.05, 3.63) is 48.0 Å². The lowest BCUT2D eigenvalue weighted by Gasteiger charge is -2.18. The molecule has 1 aromatic carbocycles. The van der Waals surface area contributed by atoms with Gasteiger partial charge in [0, 0.05) is 31.0 Å². The van der Waals surface area contributed by atoms with Crippen molar-refractivity contribution in [1.29, 1.82) is 0 Å². The highest BCUT2D eigenvalue weighted by molar-refractivity contribution is 6.01. The minimum absolute atomic E-state index is 0.101. The smallest absolute Gasteiger partial charge is 0.394 e. The second kappa shape index (κ2) is 6.47. The third-order valence-electron chi connectivity index (χ3n) is 4.48. The van der Waals surface area contributed by atoms with Crippen molar-refractivity contribution in [2.24, 2.45) is 11.8 Å². The molecule has 1 saturated heterocycles. The Bertz CT molecular complexity index is 829. The van der Waals surface area contributed by atoms with Gasteiger partial charge in [-0.25, -0.2) is 4.39 Å². The molecule has 3 rings (SSSR count). The van der Waals surface area contributed by atoms with Gasteiger partial charge in [0.1, 0.15) is 5.82 Å². The van der Waals surface area contributed by atoms with Gasteiger partial charge in [-0.05, 0) is 17.7 Å². The summed E-state index contributed by atoms with van der Waals surface area (Å²) in [7, 11) is 0. The van der Waals surface area contributed by atoms with Crippen LogP contribution in [0.2, 0.25) is 0 Å². The van der Waals surface area contributed by atoms with E-state index >= 15 is 0 Å². The number of likely N-dealkylation sites (tertiary alicyclic amines) is 1. The summed E-state index contributed by atoms with van der Waals surface area (Å²) in [6.45, 7) is -1.24. The quantitative estimate of drug-likeness (QED) is 0.816. The molecule has 2 atom stereocenters. The van der Waals surface area contributed by atoms with Crippen LogP contribution in [0.25, 0.3) is 11.1 Å². The van der Waals surface area contributed by atoms with Gasteiger partial charge in [-0.3, -0.25) is 9.59 Å². The summed E-state index contributed by atoms with van der Waals surface area (Å²) in [5, 5.41) is 9.06. The lowest BCUT2D eigenvalue weighted by Crippen LogP contribution is -2.34. The first-order chi connectivity index (χ1) is 12.2. The molecule has 1 fully saturated rings. The molecule has 1 amide bonds. The maximum Gasteiger partial charge on any atom is 0.394 e. The second-order valence-electron chi connectivity index (χ2n) is 6.09. The van der Waals surface area contributed by atoms with Crippen LogP contribution in [-0.4, -0.2) is 46.1 Å². The zero-order chi connectivity index (χ0) is 19.1. The molecule has 0 bridgehead atoms. The molecule has 5 nitrogen and oxygen atoms in total. The van der Waals surface area contributed by atoms with Crippen LogP contribution in [0.5, 0.6) is 0 Å². The number of aliphatic carboxylic acids is 1. The second-order valence-corrected chi connectivity index (χ2v) is 6.09. The summed E-state index contributed by atoms with van der Waals surface area (Å²) in [4.78, 5) is 27.4. The van der Waals surface area contributed by atoms with E-state index in [1.807, 2.05) is 0 Å². The number of nitrogens with zero attached hydrogens (tertiary/aromatic N) is 1. The van der Waals surface area contributed by atoms with Crippen molar-refractivity contribution in [3.8, 4) is 11.1 Å². The molecule has 138 valence electrons. The number of hydrogen-bond acceptors (Lipinski definition) is 2. The van der Waals surface area contributed by atoms with Crippen LogP contribution >= 0.6 is 0 Å². The van der Waals surface area contributed by atoms with E-state index in [0.717, 1.165) is 4.90 Å². The molecule has 0 saturated carbocycles. The molecular formula is C17H14F4N2O3. The number of amides is 1. The monoisotopic (exact) mass is 370 g/mol. The third kappa shape index (κ3) is 3.29. The van der Waals surface area contributed by atoms with E-state index in [1.54, 1.807) is 0 Å². The van der Waals surface area contributed by atoms with Crippen LogP contribution in [-0.2, 0) is 4.79 Å². The van der Waals surface area contributed by atoms with Gasteiger partial charge in [0.15, 0.2) is 0 Å². The summed E-state index contributed by atoms with van der Waals surface area (Å²) in [6, 6.07) is 5.29. The Morgan fingerprint density at radius 2 is 1.77 bits per heavy atom. The van der Waals surface area contributed by atoms with Crippen molar-refractivity contribution in [3.63, 3.8) is 0 Å². The predicted octanol–water partition coefficient (Wildman–Crippen LogP) is 3.16. The molecule has 2 heterocycles. The molecular weight excluding hydrogens is 356 g/mol. The maximum atomic E-state index is 13.1. The standard InChI is InChI=1S/C17H14F4N2O3/c18-10-3-1-9(2-4-10)11-5-22-6-12(11)15(24)23-7-13(16(25)26)14(8-23)17(19,20)21/h1-6,13-14,22H,7-8H2,(H,25,26)/t13-,14-/m1/s1. The first-order valence-corrected chi connectivity index (χ1v) is 7.70. The Labute approximate surface area is 145 Å². The highest BCUT2D eigenvalue weighted by atomic mass is 19.4. The first-order valence-electron chi connectivity index (χ1n) is 7.70. The van der Waals surface area contributed by atoms with E-state index in [-0.39, 0.29) is 5.56 Å². The fraction of sp³-hybridized carbons (Fsp3) is 0.294. The number of H-pyrrole nitrogens is 1.